The van der Waals surface area contributed by atoms with E-state index in [1.807, 2.05) is 0 Å². The van der Waals surface area contributed by atoms with E-state index in [-0.39, 0.29) is 16.9 Å². The minimum Gasteiger partial charge on any atom is -0.495 e. The molecule has 0 amide bonds. The number of aryl methyl sites for hydroxylation is 1. The number of carbonyl (C=O) groups excluding carboxylic acids is 1. The molecule has 5 heteroatoms. The molecule has 0 N–H and O–H groups in total. The van der Waals surface area contributed by atoms with Crippen LogP contribution in [-0.4, -0.2) is 12.9 Å². The van der Waals surface area contributed by atoms with Crippen molar-refractivity contribution in [2.24, 2.45) is 0 Å². The molecule has 0 bridgehead atoms. The molecule has 2 rings (SSSR count). The number of halogens is 3. The molecular weight excluding hydrogens is 286 g/mol. The van der Waals surface area contributed by atoms with Crippen LogP contribution in [0.5, 0.6) is 5.75 Å². The van der Waals surface area contributed by atoms with Crippen LogP contribution in [0.15, 0.2) is 30.3 Å². The summed E-state index contributed by atoms with van der Waals surface area (Å²) in [6.45, 7) is 1.47. The molecule has 20 heavy (non-hydrogen) atoms. The van der Waals surface area contributed by atoms with Crippen molar-refractivity contribution in [1.82, 2.24) is 0 Å². The molecule has 0 atom stereocenters. The molecule has 0 unspecified atom stereocenters. The Morgan fingerprint density at radius 3 is 2.55 bits per heavy atom. The van der Waals surface area contributed by atoms with Crippen LogP contribution in [0.4, 0.5) is 8.78 Å². The highest BCUT2D eigenvalue weighted by Gasteiger charge is 2.21. The van der Waals surface area contributed by atoms with E-state index < -0.39 is 23.0 Å². The predicted molar refractivity (Wildman–Crippen MR) is 72.5 cm³/mol. The summed E-state index contributed by atoms with van der Waals surface area (Å²) in [4.78, 5) is 12.2. The third-order valence-electron chi connectivity index (χ3n) is 2.92. The lowest BCUT2D eigenvalue weighted by atomic mass is 10.00. The summed E-state index contributed by atoms with van der Waals surface area (Å²) in [5, 5.41) is 0.314. The summed E-state index contributed by atoms with van der Waals surface area (Å²) in [6, 6.07) is 6.54. The van der Waals surface area contributed by atoms with Gasteiger partial charge >= 0.3 is 0 Å². The van der Waals surface area contributed by atoms with E-state index in [9.17, 15) is 13.6 Å². The highest BCUT2D eigenvalue weighted by molar-refractivity contribution is 6.32. The second-order valence-electron chi connectivity index (χ2n) is 4.23. The SMILES string of the molecule is COc1cc(C(=O)c2c(F)ccc(C)c2F)ccc1Cl. The molecule has 0 aliphatic rings. The van der Waals surface area contributed by atoms with Gasteiger partial charge in [0.05, 0.1) is 17.7 Å². The largest absolute Gasteiger partial charge is 0.495 e. The first-order valence-electron chi connectivity index (χ1n) is 5.78. The molecule has 0 fully saturated rings. The molecule has 0 saturated heterocycles. The molecule has 0 radical (unpaired) electrons. The maximum atomic E-state index is 13.9. The van der Waals surface area contributed by atoms with E-state index in [4.69, 9.17) is 16.3 Å². The quantitative estimate of drug-likeness (QED) is 0.795. The van der Waals surface area contributed by atoms with Crippen LogP contribution in [-0.2, 0) is 0 Å². The zero-order valence-corrected chi connectivity index (χ0v) is 11.6. The summed E-state index contributed by atoms with van der Waals surface area (Å²) in [5.74, 6) is -2.24. The Kier molecular flexibility index (Phi) is 4.04. The highest BCUT2D eigenvalue weighted by atomic mass is 35.5. The van der Waals surface area contributed by atoms with Gasteiger partial charge in [0, 0.05) is 5.56 Å². The Hall–Kier alpha value is -1.94. The number of methoxy groups -OCH3 is 1. The van der Waals surface area contributed by atoms with Gasteiger partial charge in [0.15, 0.2) is 5.78 Å². The van der Waals surface area contributed by atoms with Gasteiger partial charge in [0.2, 0.25) is 0 Å². The fourth-order valence-electron chi connectivity index (χ4n) is 1.81. The normalized spacial score (nSPS) is 10.4. The Labute approximate surface area is 119 Å². The summed E-state index contributed by atoms with van der Waals surface area (Å²) >= 11 is 5.85. The molecule has 0 aliphatic heterocycles. The van der Waals surface area contributed by atoms with E-state index >= 15 is 0 Å². The van der Waals surface area contributed by atoms with Crippen molar-refractivity contribution in [2.45, 2.75) is 6.92 Å². The van der Waals surface area contributed by atoms with Gasteiger partial charge in [0.25, 0.3) is 0 Å². The maximum Gasteiger partial charge on any atom is 0.199 e. The number of ether oxygens (including phenoxy) is 1. The van der Waals surface area contributed by atoms with E-state index in [1.54, 1.807) is 0 Å². The van der Waals surface area contributed by atoms with Crippen molar-refractivity contribution < 1.29 is 18.3 Å². The Morgan fingerprint density at radius 1 is 1.20 bits per heavy atom. The Morgan fingerprint density at radius 2 is 1.90 bits per heavy atom. The average Bonchev–Trinajstić information content (AvgIpc) is 2.43. The van der Waals surface area contributed by atoms with E-state index in [0.717, 1.165) is 6.07 Å². The van der Waals surface area contributed by atoms with Gasteiger partial charge in [-0.05, 0) is 36.8 Å². The smallest absolute Gasteiger partial charge is 0.199 e. The van der Waals surface area contributed by atoms with Crippen molar-refractivity contribution in [2.75, 3.05) is 7.11 Å². The van der Waals surface area contributed by atoms with Crippen LogP contribution in [0.25, 0.3) is 0 Å². The fourth-order valence-corrected chi connectivity index (χ4v) is 2.00. The number of hydrogen-bond donors (Lipinski definition) is 0. The van der Waals surface area contributed by atoms with Crippen LogP contribution in [0.1, 0.15) is 21.5 Å². The van der Waals surface area contributed by atoms with Crippen LogP contribution in [0.2, 0.25) is 5.02 Å². The van der Waals surface area contributed by atoms with Gasteiger partial charge in [0.1, 0.15) is 17.4 Å². The number of benzene rings is 2. The number of rotatable bonds is 3. The van der Waals surface area contributed by atoms with Gasteiger partial charge in [-0.15, -0.1) is 0 Å². The van der Waals surface area contributed by atoms with Gasteiger partial charge in [-0.25, -0.2) is 8.78 Å². The topological polar surface area (TPSA) is 26.3 Å². The standard InChI is InChI=1S/C15H11ClF2O2/c1-8-3-6-11(17)13(14(8)18)15(19)9-4-5-10(16)12(7-9)20-2/h3-7H,1-2H3. The van der Waals surface area contributed by atoms with E-state index in [1.165, 1.54) is 38.3 Å². The second-order valence-corrected chi connectivity index (χ2v) is 4.64. The molecule has 104 valence electrons. The third-order valence-corrected chi connectivity index (χ3v) is 3.24. The van der Waals surface area contributed by atoms with Crippen molar-refractivity contribution >= 4 is 17.4 Å². The number of hydrogen-bond acceptors (Lipinski definition) is 2. The molecule has 0 aromatic heterocycles. The number of ketones is 1. The summed E-state index contributed by atoms with van der Waals surface area (Å²) in [6.07, 6.45) is 0. The molecule has 2 aromatic rings. The lowest BCUT2D eigenvalue weighted by molar-refractivity contribution is 0.103. The van der Waals surface area contributed by atoms with E-state index in [2.05, 4.69) is 0 Å². The first-order chi connectivity index (χ1) is 9.45. The van der Waals surface area contributed by atoms with Gasteiger partial charge < -0.3 is 4.74 Å². The van der Waals surface area contributed by atoms with Crippen molar-refractivity contribution in [3.05, 3.63) is 63.7 Å². The van der Waals surface area contributed by atoms with Gasteiger partial charge in [-0.2, -0.15) is 0 Å². The van der Waals surface area contributed by atoms with E-state index in [0.29, 0.717) is 5.02 Å². The summed E-state index contributed by atoms with van der Waals surface area (Å²) in [5.41, 5.74) is -0.264. The van der Waals surface area contributed by atoms with Crippen LogP contribution in [0, 0.1) is 18.6 Å². The van der Waals surface area contributed by atoms with Crippen LogP contribution in [0.3, 0.4) is 0 Å². The predicted octanol–water partition coefficient (Wildman–Crippen LogP) is 4.17. The summed E-state index contributed by atoms with van der Waals surface area (Å²) in [7, 11) is 1.39. The molecular formula is C15H11ClF2O2. The molecule has 0 aliphatic carbocycles. The maximum absolute atomic E-state index is 13.9. The molecule has 2 nitrogen and oxygen atoms in total. The lowest BCUT2D eigenvalue weighted by Gasteiger charge is -2.08. The fraction of sp³-hybridized carbons (Fsp3) is 0.133. The van der Waals surface area contributed by atoms with Crippen LogP contribution >= 0.6 is 11.6 Å². The number of carbonyl (C=O) groups is 1. The van der Waals surface area contributed by atoms with Gasteiger partial charge in [-0.3, -0.25) is 4.79 Å². The summed E-state index contributed by atoms with van der Waals surface area (Å²) < 4.78 is 32.6. The molecule has 0 saturated carbocycles. The first-order valence-corrected chi connectivity index (χ1v) is 6.16. The van der Waals surface area contributed by atoms with Crippen molar-refractivity contribution in [1.29, 1.82) is 0 Å². The zero-order chi connectivity index (χ0) is 14.9. The van der Waals surface area contributed by atoms with Crippen molar-refractivity contribution in [3.8, 4) is 5.75 Å². The van der Waals surface area contributed by atoms with Crippen molar-refractivity contribution in [3.63, 3.8) is 0 Å². The Balaban J connectivity index is 2.55. The first kappa shape index (κ1) is 14.5. The van der Waals surface area contributed by atoms with Gasteiger partial charge in [-0.1, -0.05) is 17.7 Å². The Bertz CT molecular complexity index is 684. The minimum absolute atomic E-state index is 0.106. The lowest BCUT2D eigenvalue weighted by Crippen LogP contribution is -2.09. The zero-order valence-electron chi connectivity index (χ0n) is 10.8. The second kappa shape index (κ2) is 5.59. The average molecular weight is 297 g/mol. The third kappa shape index (κ3) is 2.51. The molecule has 0 spiro atoms. The molecule has 0 heterocycles. The highest BCUT2D eigenvalue weighted by Crippen LogP contribution is 2.27. The molecule has 2 aromatic carbocycles. The minimum atomic E-state index is -0.896. The monoisotopic (exact) mass is 296 g/mol. The van der Waals surface area contributed by atoms with Crippen LogP contribution < -0.4 is 4.74 Å².